The number of rotatable bonds is 7. The minimum Gasteiger partial charge on any atom is -0.370 e. The van der Waals surface area contributed by atoms with Gasteiger partial charge in [0.1, 0.15) is 0 Å². The third-order valence-corrected chi connectivity index (χ3v) is 6.00. The topological polar surface area (TPSA) is 84.5 Å². The van der Waals surface area contributed by atoms with E-state index in [-0.39, 0.29) is 35.3 Å². The molecular weight excluding hydrogens is 401 g/mol. The first-order chi connectivity index (χ1) is 9.31. The van der Waals surface area contributed by atoms with Crippen LogP contribution in [0.5, 0.6) is 0 Å². The minimum absolute atomic E-state index is 0. The smallest absolute Gasteiger partial charge is 0.188 e. The van der Waals surface area contributed by atoms with Crippen molar-refractivity contribution >= 4 is 39.8 Å². The molecule has 0 bridgehead atoms. The van der Waals surface area contributed by atoms with Crippen LogP contribution >= 0.6 is 24.0 Å². The number of sulfone groups is 1. The maximum absolute atomic E-state index is 11.7. The lowest BCUT2D eigenvalue weighted by Crippen LogP contribution is -2.39. The van der Waals surface area contributed by atoms with Gasteiger partial charge in [0, 0.05) is 6.04 Å². The summed E-state index contributed by atoms with van der Waals surface area (Å²) in [6.07, 6.45) is 4.89. The SMILES string of the molecule is CC(C)CCCC(C)NC(N)=NCC1CCCS1(=O)=O.I. The van der Waals surface area contributed by atoms with Gasteiger partial charge in [0.2, 0.25) is 0 Å². The van der Waals surface area contributed by atoms with Gasteiger partial charge in [-0.25, -0.2) is 8.42 Å². The van der Waals surface area contributed by atoms with Gasteiger partial charge in [-0.3, -0.25) is 4.99 Å². The van der Waals surface area contributed by atoms with E-state index in [9.17, 15) is 8.42 Å². The second kappa shape index (κ2) is 9.86. The van der Waals surface area contributed by atoms with E-state index in [1.165, 1.54) is 6.42 Å². The Morgan fingerprint density at radius 2 is 2.00 bits per heavy atom. The third kappa shape index (κ3) is 8.23. The molecule has 0 aliphatic carbocycles. The molecule has 5 nitrogen and oxygen atoms in total. The Balaban J connectivity index is 0.00000400. The zero-order valence-electron chi connectivity index (χ0n) is 13.3. The van der Waals surface area contributed by atoms with Crippen LogP contribution in [-0.4, -0.2) is 38.0 Å². The molecule has 1 rings (SSSR count). The fraction of sp³-hybridized carbons (Fsp3) is 0.929. The summed E-state index contributed by atoms with van der Waals surface area (Å²) in [5, 5.41) is 2.80. The van der Waals surface area contributed by atoms with Gasteiger partial charge in [0.05, 0.1) is 17.5 Å². The highest BCUT2D eigenvalue weighted by molar-refractivity contribution is 14.0. The van der Waals surface area contributed by atoms with Crippen molar-refractivity contribution in [2.45, 2.75) is 64.2 Å². The maximum Gasteiger partial charge on any atom is 0.188 e. The first-order valence-electron chi connectivity index (χ1n) is 7.59. The van der Waals surface area contributed by atoms with Gasteiger partial charge in [-0.05, 0) is 32.1 Å². The molecule has 2 unspecified atom stereocenters. The molecule has 0 aromatic carbocycles. The normalized spacial score (nSPS) is 22.9. The van der Waals surface area contributed by atoms with E-state index in [1.807, 2.05) is 0 Å². The molecule has 1 fully saturated rings. The molecule has 7 heteroatoms. The molecule has 1 aliphatic heterocycles. The summed E-state index contributed by atoms with van der Waals surface area (Å²) in [7, 11) is -2.93. The quantitative estimate of drug-likeness (QED) is 0.368. The Hall–Kier alpha value is -0.0500. The van der Waals surface area contributed by atoms with Crippen molar-refractivity contribution in [1.29, 1.82) is 0 Å². The summed E-state index contributed by atoms with van der Waals surface area (Å²) >= 11 is 0. The highest BCUT2D eigenvalue weighted by atomic mass is 127. The molecule has 126 valence electrons. The summed E-state index contributed by atoms with van der Waals surface area (Å²) in [5.74, 6) is 1.39. The predicted molar refractivity (Wildman–Crippen MR) is 100.0 cm³/mol. The minimum atomic E-state index is -2.93. The molecule has 0 saturated carbocycles. The summed E-state index contributed by atoms with van der Waals surface area (Å²) in [6, 6.07) is 0.276. The second-order valence-electron chi connectivity index (χ2n) is 6.23. The van der Waals surface area contributed by atoms with Gasteiger partial charge in [-0.1, -0.05) is 26.7 Å². The van der Waals surface area contributed by atoms with Gasteiger partial charge < -0.3 is 11.1 Å². The van der Waals surface area contributed by atoms with E-state index < -0.39 is 9.84 Å². The van der Waals surface area contributed by atoms with Gasteiger partial charge >= 0.3 is 0 Å². The van der Waals surface area contributed by atoms with Gasteiger partial charge in [-0.15, -0.1) is 24.0 Å². The van der Waals surface area contributed by atoms with Gasteiger partial charge in [0.15, 0.2) is 15.8 Å². The summed E-state index contributed by atoms with van der Waals surface area (Å²) < 4.78 is 23.3. The molecule has 1 heterocycles. The molecule has 1 saturated heterocycles. The molecule has 1 aliphatic rings. The number of nitrogens with two attached hydrogens (primary N) is 1. The van der Waals surface area contributed by atoms with Crippen LogP contribution < -0.4 is 11.1 Å². The number of aliphatic imine (C=N–C) groups is 1. The van der Waals surface area contributed by atoms with Crippen molar-refractivity contribution < 1.29 is 8.42 Å². The van der Waals surface area contributed by atoms with E-state index in [0.717, 1.165) is 25.2 Å². The molecule has 0 amide bonds. The molecule has 21 heavy (non-hydrogen) atoms. The number of nitrogens with zero attached hydrogens (tertiary/aromatic N) is 1. The van der Waals surface area contributed by atoms with E-state index in [0.29, 0.717) is 24.7 Å². The zero-order chi connectivity index (χ0) is 15.2. The summed E-state index contributed by atoms with van der Waals surface area (Å²) in [6.45, 7) is 6.81. The van der Waals surface area contributed by atoms with Gasteiger partial charge in [-0.2, -0.15) is 0 Å². The lowest BCUT2D eigenvalue weighted by molar-refractivity contribution is 0.493. The lowest BCUT2D eigenvalue weighted by atomic mass is 10.0. The molecule has 3 N–H and O–H groups in total. The first kappa shape index (κ1) is 20.9. The molecule has 0 spiro atoms. The van der Waals surface area contributed by atoms with Crippen molar-refractivity contribution in [2.75, 3.05) is 12.3 Å². The van der Waals surface area contributed by atoms with Crippen molar-refractivity contribution in [3.8, 4) is 0 Å². The molecule has 2 atom stereocenters. The van der Waals surface area contributed by atoms with Crippen LogP contribution in [0.25, 0.3) is 0 Å². The standard InChI is InChI=1S/C14H29N3O2S.HI/c1-11(2)6-4-7-12(3)17-14(15)16-10-13-8-5-9-20(13,18)19;/h11-13H,4-10H2,1-3H3,(H3,15,16,17);1H. The highest BCUT2D eigenvalue weighted by Crippen LogP contribution is 2.19. The average molecular weight is 431 g/mol. The van der Waals surface area contributed by atoms with Crippen LogP contribution in [0.4, 0.5) is 0 Å². The highest BCUT2D eigenvalue weighted by Gasteiger charge is 2.30. The Morgan fingerprint density at radius 3 is 2.52 bits per heavy atom. The maximum atomic E-state index is 11.7. The largest absolute Gasteiger partial charge is 0.370 e. The summed E-state index contributed by atoms with van der Waals surface area (Å²) in [4.78, 5) is 4.19. The van der Waals surface area contributed by atoms with E-state index in [2.05, 4.69) is 31.1 Å². The van der Waals surface area contributed by atoms with Crippen LogP contribution in [0.3, 0.4) is 0 Å². The third-order valence-electron chi connectivity index (χ3n) is 3.74. The fourth-order valence-electron chi connectivity index (χ4n) is 2.47. The number of hydrogen-bond acceptors (Lipinski definition) is 3. The molecule has 0 aromatic rings. The number of halogens is 1. The zero-order valence-corrected chi connectivity index (χ0v) is 16.5. The van der Waals surface area contributed by atoms with Crippen LogP contribution in [0.15, 0.2) is 4.99 Å². The van der Waals surface area contributed by atoms with Gasteiger partial charge in [0.25, 0.3) is 0 Å². The van der Waals surface area contributed by atoms with Crippen molar-refractivity contribution in [3.05, 3.63) is 0 Å². The van der Waals surface area contributed by atoms with Crippen LogP contribution in [-0.2, 0) is 9.84 Å². The first-order valence-corrected chi connectivity index (χ1v) is 9.31. The molecule has 0 radical (unpaired) electrons. The van der Waals surface area contributed by atoms with E-state index in [1.54, 1.807) is 0 Å². The number of guanidine groups is 1. The average Bonchev–Trinajstić information content (AvgIpc) is 2.65. The molecular formula is C14H30IN3O2S. The van der Waals surface area contributed by atoms with Crippen LogP contribution in [0.1, 0.15) is 52.9 Å². The Bertz CT molecular complexity index is 424. The Labute approximate surface area is 146 Å². The van der Waals surface area contributed by atoms with Crippen molar-refractivity contribution in [1.82, 2.24) is 5.32 Å². The van der Waals surface area contributed by atoms with Crippen molar-refractivity contribution in [2.24, 2.45) is 16.6 Å². The fourth-order valence-corrected chi connectivity index (χ4v) is 4.20. The van der Waals surface area contributed by atoms with Crippen molar-refractivity contribution in [3.63, 3.8) is 0 Å². The lowest BCUT2D eigenvalue weighted by Gasteiger charge is -2.15. The van der Waals surface area contributed by atoms with Crippen LogP contribution in [0.2, 0.25) is 0 Å². The van der Waals surface area contributed by atoms with E-state index in [4.69, 9.17) is 5.73 Å². The predicted octanol–water partition coefficient (Wildman–Crippen LogP) is 2.30. The number of hydrogen-bond donors (Lipinski definition) is 2. The second-order valence-corrected chi connectivity index (χ2v) is 8.63. The van der Waals surface area contributed by atoms with Crippen LogP contribution in [0, 0.1) is 5.92 Å². The summed E-state index contributed by atoms with van der Waals surface area (Å²) in [5.41, 5.74) is 5.82. The Kier molecular flexibility index (Phi) is 9.84. The monoisotopic (exact) mass is 431 g/mol. The van der Waals surface area contributed by atoms with E-state index >= 15 is 0 Å². The number of nitrogens with one attached hydrogen (secondary N) is 1. The molecule has 0 aromatic heterocycles. The Morgan fingerprint density at radius 1 is 1.33 bits per heavy atom.